The van der Waals surface area contributed by atoms with E-state index in [0.29, 0.717) is 32.7 Å². The second-order valence-corrected chi connectivity index (χ2v) is 9.64. The zero-order valence-corrected chi connectivity index (χ0v) is 21.8. The van der Waals surface area contributed by atoms with Crippen LogP contribution in [0.25, 0.3) is 6.08 Å². The fourth-order valence-electron chi connectivity index (χ4n) is 3.78. The number of hydrogen-bond donors (Lipinski definition) is 0. The molecule has 192 valence electrons. The first kappa shape index (κ1) is 25.6. The standard InChI is InChI=1S/C29H22ClFN2O4S/c1-35-25-15-19(14-23(30)27(25)37-18-20-8-5-6-12-24(20)31)16-26-28(34)33(17-22-11-7-13-36-22)29(38-26)32-21-9-3-2-4-10-21/h2-16H,17-18H2,1H3/b26-16-,32-29?. The highest BCUT2D eigenvalue weighted by molar-refractivity contribution is 8.18. The van der Waals surface area contributed by atoms with Gasteiger partial charge in [0.05, 0.1) is 35.5 Å². The summed E-state index contributed by atoms with van der Waals surface area (Å²) in [5.74, 6) is 0.711. The molecule has 0 N–H and O–H groups in total. The number of hydrogen-bond acceptors (Lipinski definition) is 6. The van der Waals surface area contributed by atoms with Gasteiger partial charge in [0.15, 0.2) is 16.7 Å². The molecule has 5 rings (SSSR count). The fraction of sp³-hybridized carbons (Fsp3) is 0.103. The van der Waals surface area contributed by atoms with Crippen molar-refractivity contribution in [2.24, 2.45) is 4.99 Å². The Bertz CT molecular complexity index is 1510. The first-order valence-electron chi connectivity index (χ1n) is 11.6. The van der Waals surface area contributed by atoms with E-state index in [4.69, 9.17) is 25.5 Å². The molecule has 0 spiro atoms. The Labute approximate surface area is 228 Å². The molecule has 1 amide bonds. The quantitative estimate of drug-likeness (QED) is 0.214. The highest BCUT2D eigenvalue weighted by atomic mass is 35.5. The Balaban J connectivity index is 1.43. The van der Waals surface area contributed by atoms with Crippen LogP contribution in [0.2, 0.25) is 5.02 Å². The van der Waals surface area contributed by atoms with E-state index in [9.17, 15) is 9.18 Å². The average Bonchev–Trinajstić information content (AvgIpc) is 3.53. The van der Waals surface area contributed by atoms with Gasteiger partial charge in [-0.15, -0.1) is 0 Å². The summed E-state index contributed by atoms with van der Waals surface area (Å²) in [6.07, 6.45) is 3.29. The molecule has 3 aromatic carbocycles. The molecule has 4 aromatic rings. The lowest BCUT2D eigenvalue weighted by Gasteiger charge is -2.14. The van der Waals surface area contributed by atoms with Gasteiger partial charge in [0, 0.05) is 5.56 Å². The van der Waals surface area contributed by atoms with Gasteiger partial charge >= 0.3 is 0 Å². The Hall–Kier alpha value is -4.01. The molecule has 0 bridgehead atoms. The van der Waals surface area contributed by atoms with E-state index in [2.05, 4.69) is 4.99 Å². The molecule has 0 atom stereocenters. The molecular weight excluding hydrogens is 527 g/mol. The third-order valence-electron chi connectivity index (χ3n) is 5.64. The Kier molecular flexibility index (Phi) is 7.81. The number of furan rings is 1. The van der Waals surface area contributed by atoms with Crippen LogP contribution in [0.3, 0.4) is 0 Å². The van der Waals surface area contributed by atoms with Crippen molar-refractivity contribution in [1.29, 1.82) is 0 Å². The van der Waals surface area contributed by atoms with Crippen molar-refractivity contribution >= 4 is 46.2 Å². The van der Waals surface area contributed by atoms with Gasteiger partial charge in [0.2, 0.25) is 0 Å². The summed E-state index contributed by atoms with van der Waals surface area (Å²) in [5.41, 5.74) is 1.76. The molecule has 0 unspecified atom stereocenters. The lowest BCUT2D eigenvalue weighted by Crippen LogP contribution is -2.28. The maximum absolute atomic E-state index is 14.0. The van der Waals surface area contributed by atoms with Crippen molar-refractivity contribution in [2.75, 3.05) is 7.11 Å². The number of halogens is 2. The van der Waals surface area contributed by atoms with Gasteiger partial charge in [-0.2, -0.15) is 0 Å². The molecular formula is C29H22ClFN2O4S. The Morgan fingerprint density at radius 3 is 2.61 bits per heavy atom. The second-order valence-electron chi connectivity index (χ2n) is 8.23. The predicted molar refractivity (Wildman–Crippen MR) is 147 cm³/mol. The van der Waals surface area contributed by atoms with Gasteiger partial charge in [0.25, 0.3) is 5.91 Å². The lowest BCUT2D eigenvalue weighted by molar-refractivity contribution is -0.122. The van der Waals surface area contributed by atoms with Crippen LogP contribution >= 0.6 is 23.4 Å². The summed E-state index contributed by atoms with van der Waals surface area (Å²) in [7, 11) is 1.49. The number of aliphatic imine (C=N–C) groups is 1. The summed E-state index contributed by atoms with van der Waals surface area (Å²) in [6.45, 7) is 0.229. The van der Waals surface area contributed by atoms with Gasteiger partial charge in [-0.25, -0.2) is 9.38 Å². The van der Waals surface area contributed by atoms with Crippen molar-refractivity contribution in [3.8, 4) is 11.5 Å². The van der Waals surface area contributed by atoms with Crippen LogP contribution in [0.1, 0.15) is 16.9 Å². The van der Waals surface area contributed by atoms with E-state index in [0.717, 1.165) is 5.69 Å². The number of nitrogens with zero attached hydrogens (tertiary/aromatic N) is 2. The minimum atomic E-state index is -0.368. The minimum absolute atomic E-state index is 0.0153. The van der Waals surface area contributed by atoms with Crippen molar-refractivity contribution in [3.63, 3.8) is 0 Å². The smallest absolute Gasteiger partial charge is 0.267 e. The summed E-state index contributed by atoms with van der Waals surface area (Å²) < 4.78 is 30.8. The van der Waals surface area contributed by atoms with E-state index in [1.807, 2.05) is 36.4 Å². The summed E-state index contributed by atoms with van der Waals surface area (Å²) in [6, 6.07) is 22.7. The van der Waals surface area contributed by atoms with Gasteiger partial charge < -0.3 is 13.9 Å². The number of methoxy groups -OCH3 is 1. The Morgan fingerprint density at radius 1 is 1.08 bits per heavy atom. The molecule has 0 saturated carbocycles. The normalized spacial score (nSPS) is 15.4. The predicted octanol–water partition coefficient (Wildman–Crippen LogP) is 7.46. The highest BCUT2D eigenvalue weighted by Gasteiger charge is 2.34. The maximum atomic E-state index is 14.0. The molecule has 1 aliphatic heterocycles. The van der Waals surface area contributed by atoms with E-state index in [1.54, 1.807) is 53.6 Å². The number of thioether (sulfide) groups is 1. The Morgan fingerprint density at radius 2 is 1.87 bits per heavy atom. The molecule has 1 aliphatic rings. The number of carbonyl (C=O) groups is 1. The van der Waals surface area contributed by atoms with Gasteiger partial charge in [-0.3, -0.25) is 9.69 Å². The summed E-state index contributed by atoms with van der Waals surface area (Å²) in [4.78, 5) is 20.2. The maximum Gasteiger partial charge on any atom is 0.267 e. The SMILES string of the molecule is COc1cc(/C=C2\SC(=Nc3ccccc3)N(Cc3ccco3)C2=O)cc(Cl)c1OCc1ccccc1F. The zero-order chi connectivity index (χ0) is 26.5. The van der Waals surface area contributed by atoms with Gasteiger partial charge in [-0.05, 0) is 65.9 Å². The topological polar surface area (TPSA) is 64.3 Å². The first-order chi connectivity index (χ1) is 18.5. The molecule has 0 aliphatic carbocycles. The van der Waals surface area contributed by atoms with Crippen LogP contribution in [-0.2, 0) is 17.9 Å². The number of benzene rings is 3. The number of amides is 1. The molecule has 38 heavy (non-hydrogen) atoms. The largest absolute Gasteiger partial charge is 0.493 e. The third kappa shape index (κ3) is 5.77. The van der Waals surface area contributed by atoms with Crippen LogP contribution in [0, 0.1) is 5.82 Å². The van der Waals surface area contributed by atoms with Gasteiger partial charge in [0.1, 0.15) is 18.2 Å². The van der Waals surface area contributed by atoms with Crippen molar-refractivity contribution in [2.45, 2.75) is 13.2 Å². The molecule has 6 nitrogen and oxygen atoms in total. The van der Waals surface area contributed by atoms with E-state index in [-0.39, 0.29) is 35.6 Å². The zero-order valence-electron chi connectivity index (χ0n) is 20.3. The van der Waals surface area contributed by atoms with E-state index in [1.165, 1.54) is 24.9 Å². The van der Waals surface area contributed by atoms with E-state index < -0.39 is 0 Å². The number of rotatable bonds is 8. The van der Waals surface area contributed by atoms with Crippen LogP contribution in [0.15, 0.2) is 99.4 Å². The fourth-order valence-corrected chi connectivity index (χ4v) is 5.05. The monoisotopic (exact) mass is 548 g/mol. The molecule has 9 heteroatoms. The number of ether oxygens (including phenoxy) is 2. The highest BCUT2D eigenvalue weighted by Crippen LogP contribution is 2.40. The summed E-state index contributed by atoms with van der Waals surface area (Å²) in [5, 5.41) is 0.806. The van der Waals surface area contributed by atoms with Crippen LogP contribution < -0.4 is 9.47 Å². The minimum Gasteiger partial charge on any atom is -0.493 e. The van der Waals surface area contributed by atoms with Crippen LogP contribution in [0.4, 0.5) is 10.1 Å². The first-order valence-corrected chi connectivity index (χ1v) is 12.8. The number of para-hydroxylation sites is 1. The molecule has 1 aromatic heterocycles. The lowest BCUT2D eigenvalue weighted by atomic mass is 10.1. The molecule has 1 fully saturated rings. The van der Waals surface area contributed by atoms with Crippen molar-refractivity contribution in [3.05, 3.63) is 118 Å². The number of amidine groups is 1. The van der Waals surface area contributed by atoms with Crippen LogP contribution in [-0.4, -0.2) is 23.1 Å². The van der Waals surface area contributed by atoms with Gasteiger partial charge in [-0.1, -0.05) is 48.0 Å². The molecule has 2 heterocycles. The second kappa shape index (κ2) is 11.6. The molecule has 0 radical (unpaired) electrons. The molecule has 1 saturated heterocycles. The van der Waals surface area contributed by atoms with Crippen LogP contribution in [0.5, 0.6) is 11.5 Å². The third-order valence-corrected chi connectivity index (χ3v) is 6.93. The average molecular weight is 549 g/mol. The number of carbonyl (C=O) groups excluding carboxylic acids is 1. The van der Waals surface area contributed by atoms with E-state index >= 15 is 0 Å². The summed E-state index contributed by atoms with van der Waals surface area (Å²) >= 11 is 7.79. The van der Waals surface area contributed by atoms with Crippen molar-refractivity contribution in [1.82, 2.24) is 4.90 Å². The van der Waals surface area contributed by atoms with Crippen molar-refractivity contribution < 1.29 is 23.1 Å².